The highest BCUT2D eigenvalue weighted by Crippen LogP contribution is 2.44. The Hall–Kier alpha value is -7.68. The van der Waals surface area contributed by atoms with Crippen molar-refractivity contribution in [3.05, 3.63) is 224 Å². The second-order valence-corrected chi connectivity index (χ2v) is 14.9. The van der Waals surface area contributed by atoms with E-state index in [1.54, 1.807) is 0 Å². The molecule has 0 saturated carbocycles. The molecule has 1 aromatic heterocycles. The molecule has 0 bridgehead atoms. The van der Waals surface area contributed by atoms with Crippen LogP contribution in [-0.4, -0.2) is 0 Å². The van der Waals surface area contributed by atoms with Crippen LogP contribution in [0.5, 0.6) is 0 Å². The summed E-state index contributed by atoms with van der Waals surface area (Å²) < 4.78 is 6.54. The van der Waals surface area contributed by atoms with Crippen molar-refractivity contribution < 1.29 is 4.42 Å². The molecule has 58 heavy (non-hydrogen) atoms. The van der Waals surface area contributed by atoms with Crippen molar-refractivity contribution in [2.75, 3.05) is 4.90 Å². The minimum absolute atomic E-state index is 0.882. The average Bonchev–Trinajstić information content (AvgIpc) is 3.69. The zero-order chi connectivity index (χ0) is 38.4. The Morgan fingerprint density at radius 2 is 0.845 bits per heavy atom. The molecule has 2 nitrogen and oxygen atoms in total. The van der Waals surface area contributed by atoms with Crippen molar-refractivity contribution in [2.45, 2.75) is 0 Å². The number of nitrogens with zero attached hydrogens (tertiary/aromatic N) is 1. The van der Waals surface area contributed by atoms with Gasteiger partial charge in [0.15, 0.2) is 0 Å². The van der Waals surface area contributed by atoms with Crippen molar-refractivity contribution in [3.63, 3.8) is 0 Å². The summed E-state index contributed by atoms with van der Waals surface area (Å²) in [6.45, 7) is 0. The Bertz CT molecular complexity index is 3270. The average molecular weight is 740 g/mol. The molecule has 2 heteroatoms. The van der Waals surface area contributed by atoms with Crippen molar-refractivity contribution >= 4 is 60.5 Å². The van der Waals surface area contributed by atoms with Crippen LogP contribution >= 0.6 is 0 Å². The van der Waals surface area contributed by atoms with Crippen molar-refractivity contribution in [3.8, 4) is 44.5 Å². The molecule has 0 saturated heterocycles. The molecule has 0 fully saturated rings. The molecule has 0 unspecified atom stereocenters. The first kappa shape index (κ1) is 33.6. The summed E-state index contributed by atoms with van der Waals surface area (Å²) in [6, 6.07) is 80.6. The summed E-state index contributed by atoms with van der Waals surface area (Å²) in [6.07, 6.45) is 0. The first-order valence-electron chi connectivity index (χ1n) is 19.8. The summed E-state index contributed by atoms with van der Waals surface area (Å²) in [5.74, 6) is 0. The van der Waals surface area contributed by atoms with E-state index < -0.39 is 0 Å². The fourth-order valence-corrected chi connectivity index (χ4v) is 8.54. The number of fused-ring (bicyclic) bond motifs is 6. The lowest BCUT2D eigenvalue weighted by atomic mass is 9.97. The molecule has 0 atom stereocenters. The Morgan fingerprint density at radius 3 is 1.64 bits per heavy atom. The van der Waals surface area contributed by atoms with Crippen LogP contribution in [0.2, 0.25) is 0 Å². The van der Waals surface area contributed by atoms with Crippen molar-refractivity contribution in [1.82, 2.24) is 0 Å². The lowest BCUT2D eigenvalue weighted by Crippen LogP contribution is -2.11. The van der Waals surface area contributed by atoms with Crippen LogP contribution in [0.15, 0.2) is 229 Å². The molecule has 0 aliphatic heterocycles. The summed E-state index contributed by atoms with van der Waals surface area (Å²) in [5.41, 5.74) is 14.4. The lowest BCUT2D eigenvalue weighted by molar-refractivity contribution is 0.669. The molecule has 272 valence electrons. The number of hydrogen-bond acceptors (Lipinski definition) is 2. The van der Waals surface area contributed by atoms with Crippen LogP contribution in [0.25, 0.3) is 88.0 Å². The van der Waals surface area contributed by atoms with Crippen LogP contribution in [0, 0.1) is 0 Å². The second-order valence-electron chi connectivity index (χ2n) is 14.9. The number of para-hydroxylation sites is 1. The Labute approximate surface area is 337 Å². The van der Waals surface area contributed by atoms with E-state index in [9.17, 15) is 0 Å². The number of anilines is 3. The van der Waals surface area contributed by atoms with Gasteiger partial charge in [0.2, 0.25) is 0 Å². The first-order valence-corrected chi connectivity index (χ1v) is 19.8. The van der Waals surface area contributed by atoms with Gasteiger partial charge < -0.3 is 9.32 Å². The molecule has 0 aliphatic rings. The van der Waals surface area contributed by atoms with E-state index in [2.05, 4.69) is 229 Å². The number of benzene rings is 10. The molecular weight excluding hydrogens is 703 g/mol. The summed E-state index contributed by atoms with van der Waals surface area (Å²) >= 11 is 0. The zero-order valence-electron chi connectivity index (χ0n) is 31.7. The van der Waals surface area contributed by atoms with Gasteiger partial charge in [0.05, 0.1) is 5.69 Å². The predicted octanol–water partition coefficient (Wildman–Crippen LogP) is 16.0. The van der Waals surface area contributed by atoms with Gasteiger partial charge in [-0.1, -0.05) is 164 Å². The van der Waals surface area contributed by atoms with Crippen molar-refractivity contribution in [2.24, 2.45) is 0 Å². The van der Waals surface area contributed by atoms with Gasteiger partial charge >= 0.3 is 0 Å². The lowest BCUT2D eigenvalue weighted by Gasteiger charge is -2.28. The Morgan fingerprint density at radius 1 is 0.293 bits per heavy atom. The summed E-state index contributed by atoms with van der Waals surface area (Å²) in [5, 5.41) is 7.21. The highest BCUT2D eigenvalue weighted by atomic mass is 16.3. The molecule has 0 aliphatic carbocycles. The van der Waals surface area contributed by atoms with Crippen molar-refractivity contribution in [1.29, 1.82) is 0 Å². The van der Waals surface area contributed by atoms with E-state index in [1.807, 2.05) is 0 Å². The standard InChI is InChI=1S/C56H37NO/c1-2-11-38(12-3-1)40-23-29-48(30-24-40)57(49-31-25-41(26-32-49)44-16-10-17-45(35-44)46-22-21-39-13-4-5-15-43(39)36-46)53-20-9-8-18-50(53)47-27-33-52-55(37-47)58-54-34-28-42-14-6-7-19-51(42)56(52)54/h1-37H. The maximum atomic E-state index is 6.54. The van der Waals surface area contributed by atoms with Gasteiger partial charge in [-0.05, 0) is 121 Å². The van der Waals surface area contributed by atoms with E-state index in [-0.39, 0.29) is 0 Å². The molecule has 0 amide bonds. The zero-order valence-corrected chi connectivity index (χ0v) is 31.7. The van der Waals surface area contributed by atoms with Crippen LogP contribution in [0.3, 0.4) is 0 Å². The summed E-state index contributed by atoms with van der Waals surface area (Å²) in [4.78, 5) is 2.37. The third kappa shape index (κ3) is 6.00. The molecule has 1 heterocycles. The molecular formula is C56H37NO. The highest BCUT2D eigenvalue weighted by Gasteiger charge is 2.19. The van der Waals surface area contributed by atoms with Gasteiger partial charge in [-0.3, -0.25) is 0 Å². The van der Waals surface area contributed by atoms with Gasteiger partial charge in [-0.15, -0.1) is 0 Å². The van der Waals surface area contributed by atoms with E-state index in [1.165, 1.54) is 54.9 Å². The quantitative estimate of drug-likeness (QED) is 0.162. The molecule has 11 rings (SSSR count). The Balaban J connectivity index is 1.01. The number of hydrogen-bond donors (Lipinski definition) is 0. The predicted molar refractivity (Wildman–Crippen MR) is 245 cm³/mol. The van der Waals surface area contributed by atoms with Gasteiger partial charge in [-0.2, -0.15) is 0 Å². The van der Waals surface area contributed by atoms with Crippen LogP contribution in [0.1, 0.15) is 0 Å². The highest BCUT2D eigenvalue weighted by molar-refractivity contribution is 6.19. The second kappa shape index (κ2) is 14.1. The summed E-state index contributed by atoms with van der Waals surface area (Å²) in [7, 11) is 0. The fourth-order valence-electron chi connectivity index (χ4n) is 8.54. The third-order valence-corrected chi connectivity index (χ3v) is 11.5. The molecule has 0 spiro atoms. The minimum atomic E-state index is 0.882. The van der Waals surface area contributed by atoms with Crippen LogP contribution in [0.4, 0.5) is 17.1 Å². The molecule has 0 radical (unpaired) electrons. The monoisotopic (exact) mass is 739 g/mol. The normalized spacial score (nSPS) is 11.4. The molecule has 0 N–H and O–H groups in total. The van der Waals surface area contributed by atoms with E-state index in [0.29, 0.717) is 0 Å². The van der Waals surface area contributed by atoms with E-state index >= 15 is 0 Å². The molecule has 11 aromatic rings. The fraction of sp³-hybridized carbons (Fsp3) is 0. The van der Waals surface area contributed by atoms with Gasteiger partial charge in [0.1, 0.15) is 11.2 Å². The SMILES string of the molecule is c1ccc(-c2ccc(N(c3ccc(-c4cccc(-c5ccc6ccccc6c5)c4)cc3)c3ccccc3-c3ccc4c(c3)oc3ccc5ccccc5c34)cc2)cc1. The number of furan rings is 1. The number of rotatable bonds is 7. The van der Waals surface area contributed by atoms with Crippen LogP contribution in [-0.2, 0) is 0 Å². The third-order valence-electron chi connectivity index (χ3n) is 11.5. The maximum absolute atomic E-state index is 6.54. The Kier molecular flexibility index (Phi) is 8.19. The topological polar surface area (TPSA) is 16.4 Å². The first-order chi connectivity index (χ1) is 28.7. The van der Waals surface area contributed by atoms with Gasteiger partial charge in [0.25, 0.3) is 0 Å². The minimum Gasteiger partial charge on any atom is -0.456 e. The van der Waals surface area contributed by atoms with Gasteiger partial charge in [0, 0.05) is 27.7 Å². The van der Waals surface area contributed by atoms with Gasteiger partial charge in [-0.25, -0.2) is 0 Å². The van der Waals surface area contributed by atoms with Crippen LogP contribution < -0.4 is 4.90 Å². The van der Waals surface area contributed by atoms with E-state index in [0.717, 1.165) is 50.1 Å². The largest absolute Gasteiger partial charge is 0.456 e. The smallest absolute Gasteiger partial charge is 0.136 e. The molecule has 10 aromatic carbocycles. The van der Waals surface area contributed by atoms with E-state index in [4.69, 9.17) is 4.42 Å². The maximum Gasteiger partial charge on any atom is 0.136 e.